The van der Waals surface area contributed by atoms with Gasteiger partial charge in [-0.2, -0.15) is 0 Å². The number of rotatable bonds is 5. The molecule has 82 valence electrons. The van der Waals surface area contributed by atoms with E-state index in [1.165, 1.54) is 5.56 Å². The highest BCUT2D eigenvalue weighted by Gasteiger charge is 2.30. The maximum Gasteiger partial charge on any atom is 0.0470 e. The quantitative estimate of drug-likeness (QED) is 0.729. The first kappa shape index (κ1) is 12.0. The molecule has 0 heterocycles. The van der Waals surface area contributed by atoms with Gasteiger partial charge in [0.2, 0.25) is 0 Å². The highest BCUT2D eigenvalue weighted by atomic mass is 14.8. The van der Waals surface area contributed by atoms with Gasteiger partial charge in [0.25, 0.3) is 0 Å². The predicted octanol–water partition coefficient (Wildman–Crippen LogP) is 3.46. The largest absolute Gasteiger partial charge is 0.321 e. The fourth-order valence-electron chi connectivity index (χ4n) is 2.01. The average molecular weight is 203 g/mol. The maximum absolute atomic E-state index is 6.51. The van der Waals surface area contributed by atoms with Crippen LogP contribution in [0.15, 0.2) is 43.0 Å². The molecule has 1 aromatic carbocycles. The summed E-state index contributed by atoms with van der Waals surface area (Å²) in [7, 11) is 0. The molecule has 1 nitrogen and oxygen atoms in total. The first-order chi connectivity index (χ1) is 7.15. The summed E-state index contributed by atoms with van der Waals surface area (Å²) in [5.41, 5.74) is 7.45. The van der Waals surface area contributed by atoms with Crippen molar-refractivity contribution >= 4 is 0 Å². The van der Waals surface area contributed by atoms with Crippen LogP contribution < -0.4 is 5.73 Å². The number of hydrogen-bond donors (Lipinski definition) is 1. The van der Waals surface area contributed by atoms with Gasteiger partial charge in [0.05, 0.1) is 0 Å². The Labute approximate surface area is 93.0 Å². The molecule has 0 amide bonds. The zero-order valence-corrected chi connectivity index (χ0v) is 9.74. The summed E-state index contributed by atoms with van der Waals surface area (Å²) in [5, 5.41) is 0. The van der Waals surface area contributed by atoms with Crippen molar-refractivity contribution in [2.75, 3.05) is 0 Å². The van der Waals surface area contributed by atoms with E-state index in [9.17, 15) is 0 Å². The van der Waals surface area contributed by atoms with E-state index in [4.69, 9.17) is 5.73 Å². The zero-order valence-electron chi connectivity index (χ0n) is 9.74. The lowest BCUT2D eigenvalue weighted by molar-refractivity contribution is 0.319. The summed E-state index contributed by atoms with van der Waals surface area (Å²) in [5.74, 6) is 0.292. The Hall–Kier alpha value is -1.08. The molecule has 1 aromatic rings. The Morgan fingerprint density at radius 1 is 1.40 bits per heavy atom. The number of benzene rings is 1. The van der Waals surface area contributed by atoms with Gasteiger partial charge in [-0.1, -0.05) is 56.7 Å². The van der Waals surface area contributed by atoms with Crippen LogP contribution in [-0.2, 0) is 5.54 Å². The highest BCUT2D eigenvalue weighted by Crippen LogP contribution is 2.32. The summed E-state index contributed by atoms with van der Waals surface area (Å²) in [6.07, 6.45) is 4.02. The lowest BCUT2D eigenvalue weighted by Gasteiger charge is -2.34. The predicted molar refractivity (Wildman–Crippen MR) is 66.6 cm³/mol. The molecule has 0 bridgehead atoms. The summed E-state index contributed by atoms with van der Waals surface area (Å²) in [6.45, 7) is 8.16. The Bertz CT molecular complexity index is 304. The van der Waals surface area contributed by atoms with Gasteiger partial charge >= 0.3 is 0 Å². The maximum atomic E-state index is 6.51. The summed E-state index contributed by atoms with van der Waals surface area (Å²) < 4.78 is 0. The van der Waals surface area contributed by atoms with Gasteiger partial charge in [-0.25, -0.2) is 0 Å². The van der Waals surface area contributed by atoms with Gasteiger partial charge in [-0.05, 0) is 17.9 Å². The molecule has 2 atom stereocenters. The molecule has 0 aromatic heterocycles. The molecule has 1 rings (SSSR count). The van der Waals surface area contributed by atoms with Gasteiger partial charge in [0.15, 0.2) is 0 Å². The van der Waals surface area contributed by atoms with Crippen LogP contribution in [0.3, 0.4) is 0 Å². The van der Waals surface area contributed by atoms with Crippen molar-refractivity contribution in [3.05, 3.63) is 48.6 Å². The van der Waals surface area contributed by atoms with Crippen molar-refractivity contribution in [2.45, 2.75) is 32.2 Å². The van der Waals surface area contributed by atoms with Crippen LogP contribution >= 0.6 is 0 Å². The van der Waals surface area contributed by atoms with Crippen LogP contribution in [0.25, 0.3) is 0 Å². The molecule has 0 fully saturated rings. The number of hydrogen-bond acceptors (Lipinski definition) is 1. The molecule has 0 aliphatic heterocycles. The monoisotopic (exact) mass is 203 g/mol. The van der Waals surface area contributed by atoms with E-state index < -0.39 is 0 Å². The molecule has 2 N–H and O–H groups in total. The van der Waals surface area contributed by atoms with E-state index in [0.717, 1.165) is 12.8 Å². The minimum absolute atomic E-state index is 0.266. The first-order valence-corrected chi connectivity index (χ1v) is 5.62. The topological polar surface area (TPSA) is 26.0 Å². The van der Waals surface area contributed by atoms with Crippen molar-refractivity contribution in [1.82, 2.24) is 0 Å². The van der Waals surface area contributed by atoms with Crippen molar-refractivity contribution in [1.29, 1.82) is 0 Å². The fraction of sp³-hybridized carbons (Fsp3) is 0.429. The normalized spacial score (nSPS) is 16.7. The summed E-state index contributed by atoms with van der Waals surface area (Å²) in [4.78, 5) is 0. The van der Waals surface area contributed by atoms with Crippen LogP contribution in [0.4, 0.5) is 0 Å². The van der Waals surface area contributed by atoms with Crippen LogP contribution in [-0.4, -0.2) is 0 Å². The standard InChI is InChI=1S/C14H21N/c1-4-11-14(15,12(3)5-2)13-9-7-6-8-10-13/h5-10,12H,2,4,11,15H2,1,3H3/t12-,14+/m1/s1. The molecule has 0 spiro atoms. The zero-order chi connectivity index (χ0) is 11.3. The number of nitrogens with two attached hydrogens (primary N) is 1. The van der Waals surface area contributed by atoms with Gasteiger partial charge in [-0.15, -0.1) is 6.58 Å². The van der Waals surface area contributed by atoms with Gasteiger partial charge in [-0.3, -0.25) is 0 Å². The van der Waals surface area contributed by atoms with Crippen LogP contribution in [0.1, 0.15) is 32.3 Å². The SMILES string of the molecule is C=C[C@@H](C)[C@@](N)(CCC)c1ccccc1. The molecule has 0 unspecified atom stereocenters. The summed E-state index contributed by atoms with van der Waals surface area (Å²) >= 11 is 0. The lowest BCUT2D eigenvalue weighted by atomic mass is 9.77. The van der Waals surface area contributed by atoms with Gasteiger partial charge in [0, 0.05) is 5.54 Å². The second kappa shape index (κ2) is 5.13. The van der Waals surface area contributed by atoms with Crippen LogP contribution in [0.5, 0.6) is 0 Å². The first-order valence-electron chi connectivity index (χ1n) is 5.62. The highest BCUT2D eigenvalue weighted by molar-refractivity contribution is 5.26. The molecule has 0 aliphatic carbocycles. The fourth-order valence-corrected chi connectivity index (χ4v) is 2.01. The van der Waals surface area contributed by atoms with E-state index in [1.807, 2.05) is 24.3 Å². The second-order valence-corrected chi connectivity index (χ2v) is 4.18. The second-order valence-electron chi connectivity index (χ2n) is 4.18. The van der Waals surface area contributed by atoms with E-state index in [-0.39, 0.29) is 5.54 Å². The van der Waals surface area contributed by atoms with Crippen molar-refractivity contribution < 1.29 is 0 Å². The van der Waals surface area contributed by atoms with Crippen molar-refractivity contribution in [3.8, 4) is 0 Å². The average Bonchev–Trinajstić information content (AvgIpc) is 2.29. The van der Waals surface area contributed by atoms with E-state index >= 15 is 0 Å². The molecular formula is C14H21N. The van der Waals surface area contributed by atoms with Gasteiger partial charge in [0.1, 0.15) is 0 Å². The Kier molecular flexibility index (Phi) is 4.10. The smallest absolute Gasteiger partial charge is 0.0470 e. The lowest BCUT2D eigenvalue weighted by Crippen LogP contribution is -2.42. The van der Waals surface area contributed by atoms with E-state index in [1.54, 1.807) is 0 Å². The third kappa shape index (κ3) is 2.48. The third-order valence-electron chi connectivity index (χ3n) is 3.14. The molecule has 1 heteroatoms. The van der Waals surface area contributed by atoms with Crippen LogP contribution in [0.2, 0.25) is 0 Å². The van der Waals surface area contributed by atoms with Crippen molar-refractivity contribution in [2.24, 2.45) is 11.7 Å². The third-order valence-corrected chi connectivity index (χ3v) is 3.14. The van der Waals surface area contributed by atoms with E-state index in [0.29, 0.717) is 5.92 Å². The minimum Gasteiger partial charge on any atom is -0.321 e. The van der Waals surface area contributed by atoms with Gasteiger partial charge < -0.3 is 5.73 Å². The molecule has 0 aliphatic rings. The van der Waals surface area contributed by atoms with Crippen LogP contribution in [0, 0.1) is 5.92 Å². The minimum atomic E-state index is -0.266. The molecular weight excluding hydrogens is 182 g/mol. The molecule has 0 saturated carbocycles. The molecule has 0 radical (unpaired) electrons. The Morgan fingerprint density at radius 3 is 2.47 bits per heavy atom. The van der Waals surface area contributed by atoms with E-state index in [2.05, 4.69) is 32.6 Å². The summed E-state index contributed by atoms with van der Waals surface area (Å²) in [6, 6.07) is 10.3. The Balaban J connectivity index is 3.06. The molecule has 0 saturated heterocycles. The molecule has 15 heavy (non-hydrogen) atoms. The Morgan fingerprint density at radius 2 is 2.00 bits per heavy atom. The van der Waals surface area contributed by atoms with Crippen molar-refractivity contribution in [3.63, 3.8) is 0 Å².